The highest BCUT2D eigenvalue weighted by Gasteiger charge is 2.18. The molecule has 4 nitrogen and oxygen atoms in total. The van der Waals surface area contributed by atoms with Crippen molar-refractivity contribution in [1.82, 2.24) is 9.55 Å². The van der Waals surface area contributed by atoms with E-state index in [1.165, 1.54) is 0 Å². The third-order valence-corrected chi connectivity index (χ3v) is 4.13. The maximum atomic E-state index is 12.9. The van der Waals surface area contributed by atoms with Crippen molar-refractivity contribution in [2.24, 2.45) is 0 Å². The van der Waals surface area contributed by atoms with Crippen molar-refractivity contribution >= 4 is 21.7 Å². The summed E-state index contributed by atoms with van der Waals surface area (Å²) < 4.78 is 2.66. The molecule has 0 amide bonds. The molecule has 1 N–H and O–H groups in total. The topological polar surface area (TPSA) is 55.1 Å². The number of hydrogen-bond acceptors (Lipinski definition) is 3. The molecule has 1 heterocycles. The Morgan fingerprint density at radius 3 is 2.65 bits per heavy atom. The van der Waals surface area contributed by atoms with Gasteiger partial charge in [-0.15, -0.1) is 0 Å². The average molecular weight is 371 g/mol. The van der Waals surface area contributed by atoms with E-state index in [2.05, 4.69) is 20.9 Å². The van der Waals surface area contributed by atoms with Crippen LogP contribution in [0.1, 0.15) is 27.4 Å². The number of aromatic nitrogens is 2. The van der Waals surface area contributed by atoms with Crippen molar-refractivity contribution in [2.75, 3.05) is 0 Å². The average Bonchev–Trinajstić information content (AvgIpc) is 2.95. The summed E-state index contributed by atoms with van der Waals surface area (Å²) in [5.74, 6) is 0.438. The van der Waals surface area contributed by atoms with Crippen LogP contribution in [0.15, 0.2) is 59.2 Å². The van der Waals surface area contributed by atoms with E-state index in [1.807, 2.05) is 37.3 Å². The van der Waals surface area contributed by atoms with E-state index < -0.39 is 0 Å². The minimum Gasteiger partial charge on any atom is -0.388 e. The predicted molar refractivity (Wildman–Crippen MR) is 91.8 cm³/mol. The second kappa shape index (κ2) is 6.48. The Morgan fingerprint density at radius 2 is 1.96 bits per heavy atom. The molecule has 0 bridgehead atoms. The number of ketones is 1. The minimum absolute atomic E-state index is 0.0647. The van der Waals surface area contributed by atoms with E-state index in [1.54, 1.807) is 29.0 Å². The molecule has 116 valence electrons. The summed E-state index contributed by atoms with van der Waals surface area (Å²) in [7, 11) is 0. The molecule has 0 saturated carbocycles. The van der Waals surface area contributed by atoms with E-state index in [0.717, 1.165) is 10.2 Å². The largest absolute Gasteiger partial charge is 0.388 e. The molecule has 0 unspecified atom stereocenters. The molecule has 0 aliphatic heterocycles. The Kier molecular flexibility index (Phi) is 4.41. The lowest BCUT2D eigenvalue weighted by Gasteiger charge is -2.14. The number of aliphatic hydroxyl groups is 1. The van der Waals surface area contributed by atoms with Crippen LogP contribution in [-0.2, 0) is 6.61 Å². The lowest BCUT2D eigenvalue weighted by atomic mass is 10.0. The van der Waals surface area contributed by atoms with Gasteiger partial charge in [0.05, 0.1) is 5.69 Å². The molecule has 0 fully saturated rings. The monoisotopic (exact) mass is 370 g/mol. The van der Waals surface area contributed by atoms with Crippen LogP contribution in [0, 0.1) is 6.92 Å². The smallest absolute Gasteiger partial charge is 0.195 e. The van der Waals surface area contributed by atoms with Crippen LogP contribution < -0.4 is 0 Å². The first-order valence-electron chi connectivity index (χ1n) is 7.15. The molecule has 23 heavy (non-hydrogen) atoms. The number of hydrogen-bond donors (Lipinski definition) is 1. The van der Waals surface area contributed by atoms with E-state index in [-0.39, 0.29) is 12.4 Å². The van der Waals surface area contributed by atoms with E-state index in [9.17, 15) is 9.90 Å². The molecule has 3 aromatic rings. The van der Waals surface area contributed by atoms with Gasteiger partial charge in [-0.3, -0.25) is 9.36 Å². The second-order valence-corrected chi connectivity index (χ2v) is 6.08. The highest BCUT2D eigenvalue weighted by Crippen LogP contribution is 2.25. The fourth-order valence-electron chi connectivity index (χ4n) is 2.55. The number of aryl methyl sites for hydroxylation is 1. The second-order valence-electron chi connectivity index (χ2n) is 5.17. The maximum Gasteiger partial charge on any atom is 0.195 e. The SMILES string of the molecule is Cc1cnc(CO)n1-c1cc(Br)ccc1C(=O)c1ccccc1. The summed E-state index contributed by atoms with van der Waals surface area (Å²) in [5.41, 5.74) is 2.75. The molecule has 0 aliphatic carbocycles. The lowest BCUT2D eigenvalue weighted by Crippen LogP contribution is -2.11. The first kappa shape index (κ1) is 15.6. The van der Waals surface area contributed by atoms with Gasteiger partial charge in [0.2, 0.25) is 0 Å². The van der Waals surface area contributed by atoms with Crippen molar-refractivity contribution in [3.63, 3.8) is 0 Å². The third kappa shape index (κ3) is 2.98. The van der Waals surface area contributed by atoms with Crippen LogP contribution in [0.3, 0.4) is 0 Å². The Balaban J connectivity index is 2.20. The number of carbonyl (C=O) groups is 1. The first-order chi connectivity index (χ1) is 11.1. The molecule has 1 aromatic heterocycles. The lowest BCUT2D eigenvalue weighted by molar-refractivity contribution is 0.103. The number of aliphatic hydroxyl groups excluding tert-OH is 1. The van der Waals surface area contributed by atoms with Crippen LogP contribution in [0.5, 0.6) is 0 Å². The van der Waals surface area contributed by atoms with Crippen molar-refractivity contribution in [3.05, 3.63) is 81.8 Å². The van der Waals surface area contributed by atoms with Gasteiger partial charge in [-0.05, 0) is 25.1 Å². The zero-order valence-corrected chi connectivity index (χ0v) is 14.1. The Morgan fingerprint density at radius 1 is 1.22 bits per heavy atom. The summed E-state index contributed by atoms with van der Waals surface area (Å²) in [4.78, 5) is 17.1. The van der Waals surface area contributed by atoms with Gasteiger partial charge in [0.1, 0.15) is 12.4 Å². The highest BCUT2D eigenvalue weighted by molar-refractivity contribution is 9.10. The Hall–Kier alpha value is -2.24. The molecule has 5 heteroatoms. The van der Waals surface area contributed by atoms with Gasteiger partial charge >= 0.3 is 0 Å². The highest BCUT2D eigenvalue weighted by atomic mass is 79.9. The zero-order valence-electron chi connectivity index (χ0n) is 12.5. The van der Waals surface area contributed by atoms with Crippen molar-refractivity contribution < 1.29 is 9.90 Å². The number of nitrogens with zero attached hydrogens (tertiary/aromatic N) is 2. The van der Waals surface area contributed by atoms with Gasteiger partial charge in [-0.25, -0.2) is 4.98 Å². The number of halogens is 1. The normalized spacial score (nSPS) is 10.7. The maximum absolute atomic E-state index is 12.9. The first-order valence-corrected chi connectivity index (χ1v) is 7.95. The summed E-state index contributed by atoms with van der Waals surface area (Å²) in [5, 5.41) is 9.53. The van der Waals surface area contributed by atoms with Crippen LogP contribution in [-0.4, -0.2) is 20.4 Å². The Labute approximate surface area is 142 Å². The van der Waals surface area contributed by atoms with Crippen molar-refractivity contribution in [3.8, 4) is 5.69 Å². The third-order valence-electron chi connectivity index (χ3n) is 3.63. The molecule has 2 aromatic carbocycles. The van der Waals surface area contributed by atoms with E-state index in [0.29, 0.717) is 22.6 Å². The van der Waals surface area contributed by atoms with Gasteiger partial charge < -0.3 is 5.11 Å². The number of imidazole rings is 1. The van der Waals surface area contributed by atoms with Gasteiger partial charge in [-0.1, -0.05) is 46.3 Å². The number of rotatable bonds is 4. The molecular formula is C18H15BrN2O2. The van der Waals surface area contributed by atoms with Gasteiger partial charge in [0.25, 0.3) is 0 Å². The van der Waals surface area contributed by atoms with Crippen molar-refractivity contribution in [1.29, 1.82) is 0 Å². The summed E-state index contributed by atoms with van der Waals surface area (Å²) >= 11 is 3.45. The van der Waals surface area contributed by atoms with Crippen LogP contribution in [0.4, 0.5) is 0 Å². The van der Waals surface area contributed by atoms with E-state index >= 15 is 0 Å². The van der Waals surface area contributed by atoms with Crippen LogP contribution in [0.2, 0.25) is 0 Å². The van der Waals surface area contributed by atoms with Gasteiger partial charge in [0, 0.05) is 27.5 Å². The minimum atomic E-state index is -0.195. The number of carbonyl (C=O) groups excluding carboxylic acids is 1. The molecule has 0 saturated heterocycles. The summed E-state index contributed by atoms with van der Waals surface area (Å²) in [6.07, 6.45) is 1.68. The van der Waals surface area contributed by atoms with E-state index in [4.69, 9.17) is 0 Å². The quantitative estimate of drug-likeness (QED) is 0.712. The van der Waals surface area contributed by atoms with Crippen LogP contribution in [0.25, 0.3) is 5.69 Å². The fourth-order valence-corrected chi connectivity index (χ4v) is 2.90. The molecule has 0 atom stereocenters. The molecule has 0 radical (unpaired) electrons. The van der Waals surface area contributed by atoms with Crippen LogP contribution >= 0.6 is 15.9 Å². The zero-order chi connectivity index (χ0) is 16.4. The Bertz CT molecular complexity index is 857. The molecule has 3 rings (SSSR count). The standard InChI is InChI=1S/C18H15BrN2O2/c1-12-10-20-17(11-22)21(12)16-9-14(19)7-8-15(16)18(23)13-5-3-2-4-6-13/h2-10,22H,11H2,1H3. The van der Waals surface area contributed by atoms with Gasteiger partial charge in [-0.2, -0.15) is 0 Å². The van der Waals surface area contributed by atoms with Crippen molar-refractivity contribution in [2.45, 2.75) is 13.5 Å². The molecular weight excluding hydrogens is 356 g/mol. The molecule has 0 aliphatic rings. The predicted octanol–water partition coefficient (Wildman–Crippen LogP) is 3.67. The summed E-state index contributed by atoms with van der Waals surface area (Å²) in [6, 6.07) is 14.6. The fraction of sp³-hybridized carbons (Fsp3) is 0.111. The number of benzene rings is 2. The molecule has 0 spiro atoms. The van der Waals surface area contributed by atoms with Gasteiger partial charge in [0.15, 0.2) is 5.78 Å². The summed E-state index contributed by atoms with van der Waals surface area (Å²) in [6.45, 7) is 1.70.